The molecule has 2 N–H and O–H groups in total. The number of rotatable bonds is 4. The predicted octanol–water partition coefficient (Wildman–Crippen LogP) is 4.95. The summed E-state index contributed by atoms with van der Waals surface area (Å²) in [7, 11) is 0. The molecule has 4 rings (SSSR count). The van der Waals surface area contributed by atoms with Gasteiger partial charge in [-0.2, -0.15) is 0 Å². The molecule has 1 amide bonds. The van der Waals surface area contributed by atoms with Crippen LogP contribution in [0.25, 0.3) is 11.1 Å². The summed E-state index contributed by atoms with van der Waals surface area (Å²) in [6, 6.07) is 18.1. The zero-order chi connectivity index (χ0) is 21.8. The van der Waals surface area contributed by atoms with Crippen LogP contribution in [0.3, 0.4) is 0 Å². The molecule has 0 saturated carbocycles. The van der Waals surface area contributed by atoms with E-state index in [1.165, 1.54) is 0 Å². The van der Waals surface area contributed by atoms with E-state index in [1.807, 2.05) is 36.4 Å². The van der Waals surface area contributed by atoms with Crippen LogP contribution in [0.15, 0.2) is 60.7 Å². The Balaban J connectivity index is 1.29. The van der Waals surface area contributed by atoms with Crippen LogP contribution in [-0.2, 0) is 4.74 Å². The zero-order valence-corrected chi connectivity index (χ0v) is 16.5. The summed E-state index contributed by atoms with van der Waals surface area (Å²) in [5, 5.41) is 11.7. The van der Waals surface area contributed by atoms with Gasteiger partial charge in [-0.25, -0.2) is 13.6 Å². The van der Waals surface area contributed by atoms with Crippen LogP contribution in [-0.4, -0.2) is 24.4 Å². The molecule has 1 aliphatic carbocycles. The standard InChI is InChI=1S/C25H19F2NO3/c26-22-13-16(14-23(27)24(22)29)7-5-6-12-28-25(30)31-15-21-19-10-3-1-8-17(19)18-9-2-4-11-20(18)21/h1-4,8-11,13-14,21,29H,6,12,15H2,(H,28,30). The number of aromatic hydroxyl groups is 1. The van der Waals surface area contributed by atoms with E-state index in [9.17, 15) is 13.6 Å². The Morgan fingerprint density at radius 3 is 2.19 bits per heavy atom. The molecule has 0 fully saturated rings. The predicted molar refractivity (Wildman–Crippen MR) is 113 cm³/mol. The third-order valence-electron chi connectivity index (χ3n) is 5.11. The van der Waals surface area contributed by atoms with Crippen molar-refractivity contribution in [3.63, 3.8) is 0 Å². The highest BCUT2D eigenvalue weighted by atomic mass is 19.1. The maximum absolute atomic E-state index is 13.3. The van der Waals surface area contributed by atoms with Gasteiger partial charge in [0, 0.05) is 24.4 Å². The van der Waals surface area contributed by atoms with E-state index in [1.54, 1.807) is 0 Å². The Labute approximate surface area is 178 Å². The third-order valence-corrected chi connectivity index (χ3v) is 5.11. The van der Waals surface area contributed by atoms with Gasteiger partial charge in [-0.15, -0.1) is 0 Å². The van der Waals surface area contributed by atoms with Gasteiger partial charge in [-0.05, 0) is 34.4 Å². The van der Waals surface area contributed by atoms with Crippen molar-refractivity contribution >= 4 is 6.09 Å². The Kier molecular flexibility index (Phi) is 5.85. The first-order chi connectivity index (χ1) is 15.0. The number of carbonyl (C=O) groups excluding carboxylic acids is 1. The number of ether oxygens (including phenoxy) is 1. The first-order valence-electron chi connectivity index (χ1n) is 9.80. The Morgan fingerprint density at radius 2 is 1.58 bits per heavy atom. The molecule has 0 bridgehead atoms. The average Bonchev–Trinajstić information content (AvgIpc) is 3.09. The highest BCUT2D eigenvalue weighted by Gasteiger charge is 2.28. The lowest BCUT2D eigenvalue weighted by atomic mass is 9.98. The van der Waals surface area contributed by atoms with Crippen molar-refractivity contribution in [2.75, 3.05) is 13.2 Å². The molecule has 0 aromatic heterocycles. The molecule has 4 nitrogen and oxygen atoms in total. The van der Waals surface area contributed by atoms with Gasteiger partial charge in [-0.3, -0.25) is 0 Å². The van der Waals surface area contributed by atoms with Crippen LogP contribution >= 0.6 is 0 Å². The topological polar surface area (TPSA) is 58.6 Å². The number of hydrogen-bond acceptors (Lipinski definition) is 3. The van der Waals surface area contributed by atoms with Gasteiger partial charge < -0.3 is 15.2 Å². The van der Waals surface area contributed by atoms with Crippen molar-refractivity contribution in [3.8, 4) is 28.7 Å². The summed E-state index contributed by atoms with van der Waals surface area (Å²) in [5.74, 6) is 2.13. The number of alkyl carbamates (subject to hydrolysis) is 1. The molecule has 3 aromatic rings. The molecule has 0 heterocycles. The van der Waals surface area contributed by atoms with Crippen LogP contribution in [0.5, 0.6) is 5.75 Å². The van der Waals surface area contributed by atoms with Crippen molar-refractivity contribution in [2.24, 2.45) is 0 Å². The summed E-state index contributed by atoms with van der Waals surface area (Å²) in [5.41, 5.74) is 4.69. The molecular weight excluding hydrogens is 400 g/mol. The Bertz CT molecular complexity index is 1130. The lowest BCUT2D eigenvalue weighted by Gasteiger charge is -2.14. The summed E-state index contributed by atoms with van der Waals surface area (Å²) in [4.78, 5) is 12.1. The number of amides is 1. The SMILES string of the molecule is O=C(NCCC#Cc1cc(F)c(O)c(F)c1)OCC1c2ccccc2-c2ccccc21. The summed E-state index contributed by atoms with van der Waals surface area (Å²) < 4.78 is 32.0. The van der Waals surface area contributed by atoms with E-state index in [4.69, 9.17) is 9.84 Å². The van der Waals surface area contributed by atoms with Gasteiger partial charge in [0.1, 0.15) is 6.61 Å². The Morgan fingerprint density at radius 1 is 1.00 bits per heavy atom. The first kappa shape index (κ1) is 20.4. The van der Waals surface area contributed by atoms with Crippen molar-refractivity contribution in [1.29, 1.82) is 0 Å². The highest BCUT2D eigenvalue weighted by molar-refractivity contribution is 5.79. The van der Waals surface area contributed by atoms with E-state index >= 15 is 0 Å². The number of nitrogens with one attached hydrogen (secondary N) is 1. The minimum Gasteiger partial charge on any atom is -0.503 e. The molecule has 0 saturated heterocycles. The number of carbonyl (C=O) groups is 1. The number of hydrogen-bond donors (Lipinski definition) is 2. The van der Waals surface area contributed by atoms with Gasteiger partial charge in [0.25, 0.3) is 0 Å². The summed E-state index contributed by atoms with van der Waals surface area (Å²) >= 11 is 0. The number of benzene rings is 3. The minimum absolute atomic E-state index is 0.0165. The van der Waals surface area contributed by atoms with E-state index in [0.717, 1.165) is 34.4 Å². The monoisotopic (exact) mass is 419 g/mol. The van der Waals surface area contributed by atoms with E-state index in [0.29, 0.717) is 0 Å². The quantitative estimate of drug-likeness (QED) is 0.465. The van der Waals surface area contributed by atoms with E-state index in [-0.39, 0.29) is 31.1 Å². The smallest absolute Gasteiger partial charge is 0.407 e. The van der Waals surface area contributed by atoms with Gasteiger partial charge >= 0.3 is 6.09 Å². The molecule has 0 aliphatic heterocycles. The van der Waals surface area contributed by atoms with Crippen molar-refractivity contribution in [2.45, 2.75) is 12.3 Å². The first-order valence-corrected chi connectivity index (χ1v) is 9.80. The molecule has 0 radical (unpaired) electrons. The summed E-state index contributed by atoms with van der Waals surface area (Å²) in [6.07, 6.45) is -0.278. The molecule has 1 aliphatic rings. The molecule has 0 atom stereocenters. The molecule has 6 heteroatoms. The highest BCUT2D eigenvalue weighted by Crippen LogP contribution is 2.44. The maximum Gasteiger partial charge on any atom is 0.407 e. The number of fused-ring (bicyclic) bond motifs is 3. The fourth-order valence-corrected chi connectivity index (χ4v) is 3.68. The fraction of sp³-hybridized carbons (Fsp3) is 0.160. The lowest BCUT2D eigenvalue weighted by molar-refractivity contribution is 0.143. The normalized spacial score (nSPS) is 11.8. The maximum atomic E-state index is 13.3. The minimum atomic E-state index is -1.07. The van der Waals surface area contributed by atoms with E-state index < -0.39 is 23.5 Å². The molecule has 0 spiro atoms. The molecule has 156 valence electrons. The second-order valence-electron chi connectivity index (χ2n) is 7.09. The van der Waals surface area contributed by atoms with Gasteiger partial charge in [0.05, 0.1) is 0 Å². The second kappa shape index (κ2) is 8.88. The largest absolute Gasteiger partial charge is 0.503 e. The third kappa shape index (κ3) is 4.36. The van der Waals surface area contributed by atoms with Crippen molar-refractivity contribution in [1.82, 2.24) is 5.32 Å². The molecular formula is C25H19F2NO3. The Hall–Kier alpha value is -3.85. The molecule has 0 unspecified atom stereocenters. The molecule has 31 heavy (non-hydrogen) atoms. The summed E-state index contributed by atoms with van der Waals surface area (Å²) in [6.45, 7) is 0.449. The van der Waals surface area contributed by atoms with Crippen LogP contribution in [0.4, 0.5) is 13.6 Å². The van der Waals surface area contributed by atoms with Crippen molar-refractivity contribution < 1.29 is 23.4 Å². The second-order valence-corrected chi connectivity index (χ2v) is 7.09. The molecule has 3 aromatic carbocycles. The van der Waals surface area contributed by atoms with Gasteiger partial charge in [0.2, 0.25) is 0 Å². The number of halogens is 2. The fourth-order valence-electron chi connectivity index (χ4n) is 3.68. The van der Waals surface area contributed by atoms with Crippen molar-refractivity contribution in [3.05, 3.63) is 89.0 Å². The van der Waals surface area contributed by atoms with Crippen LogP contribution < -0.4 is 5.32 Å². The lowest BCUT2D eigenvalue weighted by Crippen LogP contribution is -2.26. The van der Waals surface area contributed by atoms with Crippen LogP contribution in [0.2, 0.25) is 0 Å². The average molecular weight is 419 g/mol. The zero-order valence-electron chi connectivity index (χ0n) is 16.5. The number of phenolic OH excluding ortho intramolecular Hbond substituents is 1. The van der Waals surface area contributed by atoms with E-state index in [2.05, 4.69) is 29.3 Å². The van der Waals surface area contributed by atoms with Crippen LogP contribution in [0, 0.1) is 23.5 Å². The number of phenols is 1. The van der Waals surface area contributed by atoms with Crippen LogP contribution in [0.1, 0.15) is 29.0 Å². The van der Waals surface area contributed by atoms with Gasteiger partial charge in [0.15, 0.2) is 17.4 Å². The van der Waals surface area contributed by atoms with Gasteiger partial charge in [-0.1, -0.05) is 60.4 Å².